The standard InChI is InChI=1S/C28H38O4/c1-16-12-19-21-9-8-20(18(13-26(31)32)17-6-4-5-7-17)27(21,2)11-10-22(19)28(3)15-25(30)24(29)14-23(16)28/h14,17-22H,1,4-13,15H2,2-3H3,(H,31,32)/t18?,19-,20?,21-,22+,27+,28+/m0/s1. The molecule has 5 aliphatic rings. The summed E-state index contributed by atoms with van der Waals surface area (Å²) < 4.78 is 0. The van der Waals surface area contributed by atoms with Crippen LogP contribution in [0.1, 0.15) is 84.5 Å². The second-order valence-electron chi connectivity index (χ2n) is 12.2. The van der Waals surface area contributed by atoms with E-state index in [1.165, 1.54) is 32.1 Å². The van der Waals surface area contributed by atoms with Crippen LogP contribution in [-0.2, 0) is 14.4 Å². The second kappa shape index (κ2) is 7.67. The second-order valence-corrected chi connectivity index (χ2v) is 12.2. The topological polar surface area (TPSA) is 71.4 Å². The zero-order valence-corrected chi connectivity index (χ0v) is 19.7. The molecule has 0 aromatic rings. The highest BCUT2D eigenvalue weighted by Gasteiger charge is 2.61. The minimum atomic E-state index is -0.638. The predicted molar refractivity (Wildman–Crippen MR) is 123 cm³/mol. The molecule has 0 saturated heterocycles. The van der Waals surface area contributed by atoms with E-state index in [9.17, 15) is 19.5 Å². The van der Waals surface area contributed by atoms with Gasteiger partial charge in [0.05, 0.1) is 0 Å². The van der Waals surface area contributed by atoms with Crippen LogP contribution in [0, 0.1) is 46.3 Å². The first-order chi connectivity index (χ1) is 15.1. The minimum absolute atomic E-state index is 0.177. The molecule has 0 heterocycles. The Labute approximate surface area is 191 Å². The lowest BCUT2D eigenvalue weighted by Gasteiger charge is -2.59. The Hall–Kier alpha value is -1.71. The van der Waals surface area contributed by atoms with E-state index < -0.39 is 5.97 Å². The molecule has 0 radical (unpaired) electrons. The van der Waals surface area contributed by atoms with E-state index in [4.69, 9.17) is 0 Å². The van der Waals surface area contributed by atoms with Crippen molar-refractivity contribution in [3.05, 3.63) is 23.8 Å². The Morgan fingerprint density at radius 1 is 1.12 bits per heavy atom. The van der Waals surface area contributed by atoms with Gasteiger partial charge in [-0.1, -0.05) is 51.7 Å². The molecule has 4 heteroatoms. The van der Waals surface area contributed by atoms with Crippen LogP contribution in [0.15, 0.2) is 23.8 Å². The van der Waals surface area contributed by atoms with E-state index in [1.54, 1.807) is 6.08 Å². The lowest BCUT2D eigenvalue weighted by Crippen LogP contribution is -2.52. The van der Waals surface area contributed by atoms with Crippen LogP contribution < -0.4 is 0 Å². The lowest BCUT2D eigenvalue weighted by atomic mass is 9.45. The van der Waals surface area contributed by atoms with Gasteiger partial charge >= 0.3 is 5.97 Å². The maximum atomic E-state index is 12.4. The summed E-state index contributed by atoms with van der Waals surface area (Å²) in [6.07, 6.45) is 12.5. The van der Waals surface area contributed by atoms with Gasteiger partial charge in [-0.25, -0.2) is 0 Å². The number of aliphatic carboxylic acids is 1. The van der Waals surface area contributed by atoms with Crippen molar-refractivity contribution in [3.8, 4) is 0 Å². The van der Waals surface area contributed by atoms with Gasteiger partial charge in [-0.15, -0.1) is 0 Å². The minimum Gasteiger partial charge on any atom is -0.481 e. The summed E-state index contributed by atoms with van der Waals surface area (Å²) in [6, 6.07) is 0. The fraction of sp³-hybridized carbons (Fsp3) is 0.750. The lowest BCUT2D eigenvalue weighted by molar-refractivity contribution is -0.140. The first-order valence-corrected chi connectivity index (χ1v) is 12.8. The van der Waals surface area contributed by atoms with Crippen molar-refractivity contribution in [2.45, 2.75) is 84.5 Å². The maximum absolute atomic E-state index is 12.4. The number of fused-ring (bicyclic) bond motifs is 5. The molecule has 4 nitrogen and oxygen atoms in total. The van der Waals surface area contributed by atoms with Gasteiger partial charge in [-0.2, -0.15) is 0 Å². The Balaban J connectivity index is 1.46. The van der Waals surface area contributed by atoms with Crippen LogP contribution in [0.2, 0.25) is 0 Å². The van der Waals surface area contributed by atoms with Crippen LogP contribution in [-0.4, -0.2) is 22.6 Å². The number of Topliss-reactive ketones (excluding diaryl/α,β-unsaturated/α-hetero) is 1. The van der Waals surface area contributed by atoms with Crippen LogP contribution in [0.4, 0.5) is 0 Å². The molecule has 4 saturated carbocycles. The van der Waals surface area contributed by atoms with Crippen LogP contribution in [0.3, 0.4) is 0 Å². The van der Waals surface area contributed by atoms with Gasteiger partial charge in [0.2, 0.25) is 11.6 Å². The Morgan fingerprint density at radius 2 is 1.84 bits per heavy atom. The molecule has 0 spiro atoms. The van der Waals surface area contributed by atoms with Gasteiger partial charge in [0, 0.05) is 18.3 Å². The molecule has 5 rings (SSSR count). The molecule has 0 aromatic carbocycles. The summed E-state index contributed by atoms with van der Waals surface area (Å²) in [7, 11) is 0. The summed E-state index contributed by atoms with van der Waals surface area (Å²) in [5, 5.41) is 9.74. The molecule has 1 N–H and O–H groups in total. The number of carbonyl (C=O) groups is 3. The van der Waals surface area contributed by atoms with Crippen LogP contribution in [0.25, 0.3) is 0 Å². The van der Waals surface area contributed by atoms with E-state index in [2.05, 4.69) is 20.4 Å². The van der Waals surface area contributed by atoms with Gasteiger partial charge in [0.1, 0.15) is 0 Å². The maximum Gasteiger partial charge on any atom is 0.303 e. The molecular formula is C28H38O4. The van der Waals surface area contributed by atoms with E-state index in [1.807, 2.05) is 0 Å². The highest BCUT2D eigenvalue weighted by molar-refractivity contribution is 6.42. The summed E-state index contributed by atoms with van der Waals surface area (Å²) in [4.78, 5) is 36.4. The number of allylic oxidation sites excluding steroid dienone is 2. The number of carboxylic acid groups (broad SMARTS) is 1. The van der Waals surface area contributed by atoms with E-state index >= 15 is 0 Å². The van der Waals surface area contributed by atoms with Gasteiger partial charge < -0.3 is 5.11 Å². The van der Waals surface area contributed by atoms with Gasteiger partial charge in [0.25, 0.3) is 0 Å². The van der Waals surface area contributed by atoms with Crippen molar-refractivity contribution in [1.82, 2.24) is 0 Å². The molecule has 7 atom stereocenters. The molecular weight excluding hydrogens is 400 g/mol. The first kappa shape index (κ1) is 22.1. The quantitative estimate of drug-likeness (QED) is 0.566. The predicted octanol–water partition coefficient (Wildman–Crippen LogP) is 5.76. The zero-order valence-electron chi connectivity index (χ0n) is 19.7. The summed E-state index contributed by atoms with van der Waals surface area (Å²) in [6.45, 7) is 9.04. The van der Waals surface area contributed by atoms with Gasteiger partial charge in [-0.05, 0) is 84.7 Å². The summed E-state index contributed by atoms with van der Waals surface area (Å²) in [5.41, 5.74) is 2.00. The highest BCUT2D eigenvalue weighted by atomic mass is 16.4. The largest absolute Gasteiger partial charge is 0.481 e. The van der Waals surface area contributed by atoms with Crippen molar-refractivity contribution in [2.75, 3.05) is 0 Å². The molecule has 0 aromatic heterocycles. The molecule has 0 amide bonds. The average molecular weight is 439 g/mol. The van der Waals surface area contributed by atoms with Crippen LogP contribution >= 0.6 is 0 Å². The summed E-state index contributed by atoms with van der Waals surface area (Å²) >= 11 is 0. The monoisotopic (exact) mass is 438 g/mol. The third-order valence-corrected chi connectivity index (χ3v) is 10.8. The average Bonchev–Trinajstić information content (AvgIpc) is 3.36. The Morgan fingerprint density at radius 3 is 2.53 bits per heavy atom. The normalized spacial score (nSPS) is 42.8. The Bertz CT molecular complexity index is 893. The van der Waals surface area contributed by atoms with Crippen molar-refractivity contribution in [2.24, 2.45) is 46.3 Å². The third kappa shape index (κ3) is 3.19. The third-order valence-electron chi connectivity index (χ3n) is 10.8. The van der Waals surface area contributed by atoms with E-state index in [-0.39, 0.29) is 22.4 Å². The summed E-state index contributed by atoms with van der Waals surface area (Å²) in [5.74, 6) is 1.58. The molecule has 0 bridgehead atoms. The van der Waals surface area contributed by atoms with E-state index in [0.717, 1.165) is 36.8 Å². The smallest absolute Gasteiger partial charge is 0.303 e. The van der Waals surface area contributed by atoms with Gasteiger partial charge in [0.15, 0.2) is 0 Å². The number of carboxylic acids is 1. The molecule has 2 unspecified atom stereocenters. The molecule has 32 heavy (non-hydrogen) atoms. The number of hydrogen-bond acceptors (Lipinski definition) is 3. The Kier molecular flexibility index (Phi) is 5.30. The van der Waals surface area contributed by atoms with Crippen molar-refractivity contribution in [3.63, 3.8) is 0 Å². The number of rotatable bonds is 4. The first-order valence-electron chi connectivity index (χ1n) is 12.8. The number of carbonyl (C=O) groups excluding carboxylic acids is 2. The van der Waals surface area contributed by atoms with Gasteiger partial charge in [-0.3, -0.25) is 14.4 Å². The highest BCUT2D eigenvalue weighted by Crippen LogP contribution is 2.68. The number of ketones is 2. The van der Waals surface area contributed by atoms with Crippen molar-refractivity contribution < 1.29 is 19.5 Å². The molecule has 4 fully saturated rings. The fourth-order valence-electron chi connectivity index (χ4n) is 9.46. The number of hydrogen-bond donors (Lipinski definition) is 1. The van der Waals surface area contributed by atoms with Crippen molar-refractivity contribution >= 4 is 17.5 Å². The molecule has 5 aliphatic carbocycles. The zero-order chi connectivity index (χ0) is 22.8. The molecule has 174 valence electrons. The van der Waals surface area contributed by atoms with Crippen molar-refractivity contribution in [1.29, 1.82) is 0 Å². The molecule has 0 aliphatic heterocycles. The fourth-order valence-corrected chi connectivity index (χ4v) is 9.46. The SMILES string of the molecule is C=C1C[C@@H]2[C@@H](CC[C@]3(C)C(C(CC(=O)O)C4CCCC4)CC[C@@H]23)[C@@]2(C)CC(=O)C(=O)C=C12. The van der Waals surface area contributed by atoms with Crippen LogP contribution in [0.5, 0.6) is 0 Å². The van der Waals surface area contributed by atoms with E-state index in [0.29, 0.717) is 48.3 Å².